The molecule has 0 spiro atoms. The number of rotatable bonds is 9. The van der Waals surface area contributed by atoms with Crippen LogP contribution in [0.15, 0.2) is 24.3 Å². The smallest absolute Gasteiger partial charge is 0.390 e. The molecule has 2 fully saturated rings. The van der Waals surface area contributed by atoms with Crippen LogP contribution >= 0.6 is 11.3 Å². The van der Waals surface area contributed by atoms with Gasteiger partial charge in [0, 0.05) is 74.7 Å². The summed E-state index contributed by atoms with van der Waals surface area (Å²) in [7, 11) is 1.70. The van der Waals surface area contributed by atoms with E-state index in [4.69, 9.17) is 0 Å². The average Bonchev–Trinajstić information content (AvgIpc) is 3.58. The molecule has 0 aliphatic carbocycles. The summed E-state index contributed by atoms with van der Waals surface area (Å²) in [5.41, 5.74) is 3.60. The van der Waals surface area contributed by atoms with Crippen molar-refractivity contribution in [2.24, 2.45) is 0 Å². The number of anilines is 2. The topological polar surface area (TPSA) is 105 Å². The summed E-state index contributed by atoms with van der Waals surface area (Å²) < 4.78 is 41.3. The molecule has 246 valence electrons. The summed E-state index contributed by atoms with van der Waals surface area (Å²) >= 11 is 1.06. The van der Waals surface area contributed by atoms with Crippen LogP contribution in [0, 0.1) is 18.3 Å². The predicted octanol–water partition coefficient (Wildman–Crippen LogP) is 5.90. The van der Waals surface area contributed by atoms with Gasteiger partial charge in [0.15, 0.2) is 0 Å². The summed E-state index contributed by atoms with van der Waals surface area (Å²) in [5, 5.41) is 28.4. The number of likely N-dealkylation sites (tertiary alicyclic amines) is 2. The number of thiophene rings is 1. The molecule has 0 saturated carbocycles. The minimum absolute atomic E-state index is 0.145. The fourth-order valence-electron chi connectivity index (χ4n) is 6.67. The number of alkyl halides is 3. The van der Waals surface area contributed by atoms with Gasteiger partial charge in [0.1, 0.15) is 22.4 Å². The Morgan fingerprint density at radius 1 is 1.07 bits per heavy atom. The fourth-order valence-corrected chi connectivity index (χ4v) is 7.73. The number of benzene rings is 1. The number of piperidine rings is 2. The van der Waals surface area contributed by atoms with Crippen LogP contribution in [0.3, 0.4) is 0 Å². The van der Waals surface area contributed by atoms with Crippen LogP contribution < -0.4 is 10.6 Å². The molecule has 9 nitrogen and oxygen atoms in total. The first-order chi connectivity index (χ1) is 21.9. The average molecular weight is 655 g/mol. The number of nitrogens with one attached hydrogen (secondary N) is 2. The highest BCUT2D eigenvalue weighted by molar-refractivity contribution is 7.18. The van der Waals surface area contributed by atoms with E-state index in [-0.39, 0.29) is 10.9 Å². The zero-order valence-corrected chi connectivity index (χ0v) is 27.4. The van der Waals surface area contributed by atoms with Crippen molar-refractivity contribution in [3.05, 3.63) is 46.0 Å². The van der Waals surface area contributed by atoms with Gasteiger partial charge in [-0.05, 0) is 68.9 Å². The summed E-state index contributed by atoms with van der Waals surface area (Å²) in [6.45, 7) is 9.90. The second kappa shape index (κ2) is 13.0. The minimum Gasteiger partial charge on any atom is -0.390 e. The lowest BCUT2D eigenvalue weighted by Crippen LogP contribution is -2.43. The molecule has 46 heavy (non-hydrogen) atoms. The van der Waals surface area contributed by atoms with Gasteiger partial charge in [0.05, 0.1) is 17.4 Å². The zero-order valence-electron chi connectivity index (χ0n) is 26.5. The molecule has 6 rings (SSSR count). The number of aryl methyl sites for hydroxylation is 1. The van der Waals surface area contributed by atoms with E-state index in [2.05, 4.69) is 60.1 Å². The van der Waals surface area contributed by atoms with E-state index >= 15 is 0 Å². The van der Waals surface area contributed by atoms with Gasteiger partial charge >= 0.3 is 6.18 Å². The van der Waals surface area contributed by atoms with E-state index in [9.17, 15) is 23.5 Å². The van der Waals surface area contributed by atoms with E-state index in [0.717, 1.165) is 93.7 Å². The maximum atomic E-state index is 13.0. The molecule has 3 N–H and O–H groups in total. The normalized spacial score (nSPS) is 18.3. The second-order valence-electron chi connectivity index (χ2n) is 13.0. The number of fused-ring (bicyclic) bond motifs is 2. The highest BCUT2D eigenvalue weighted by Gasteiger charge is 2.30. The van der Waals surface area contributed by atoms with Crippen molar-refractivity contribution in [1.82, 2.24) is 24.3 Å². The molecule has 2 aliphatic rings. The third-order valence-electron chi connectivity index (χ3n) is 9.52. The van der Waals surface area contributed by atoms with Crippen LogP contribution in [0.2, 0.25) is 0 Å². The summed E-state index contributed by atoms with van der Waals surface area (Å²) in [6, 6.07) is 10.4. The van der Waals surface area contributed by atoms with Crippen molar-refractivity contribution in [1.29, 1.82) is 5.26 Å². The van der Waals surface area contributed by atoms with Crippen LogP contribution in [-0.2, 0) is 19.5 Å². The first kappa shape index (κ1) is 32.5. The van der Waals surface area contributed by atoms with Crippen LogP contribution in [0.25, 0.3) is 21.1 Å². The van der Waals surface area contributed by atoms with E-state index in [1.807, 2.05) is 13.0 Å². The van der Waals surface area contributed by atoms with Crippen molar-refractivity contribution >= 4 is 44.2 Å². The first-order valence-electron chi connectivity index (χ1n) is 15.9. The van der Waals surface area contributed by atoms with Crippen LogP contribution in [0.4, 0.5) is 24.9 Å². The third kappa shape index (κ3) is 7.25. The van der Waals surface area contributed by atoms with Gasteiger partial charge in [0.25, 0.3) is 0 Å². The second-order valence-corrected chi connectivity index (χ2v) is 14.1. The quantitative estimate of drug-likeness (QED) is 0.205. The van der Waals surface area contributed by atoms with Crippen LogP contribution in [-0.4, -0.2) is 87.0 Å². The Labute approximate surface area is 271 Å². The van der Waals surface area contributed by atoms with E-state index < -0.39 is 18.2 Å². The van der Waals surface area contributed by atoms with Crippen LogP contribution in [0.1, 0.15) is 54.3 Å². The lowest BCUT2D eigenvalue weighted by Gasteiger charge is -2.35. The largest absolute Gasteiger partial charge is 0.393 e. The van der Waals surface area contributed by atoms with Crippen molar-refractivity contribution < 1.29 is 18.3 Å². The highest BCUT2D eigenvalue weighted by Crippen LogP contribution is 2.35. The number of nitriles is 1. The molecule has 3 aromatic heterocycles. The molecular weight excluding hydrogens is 613 g/mol. The van der Waals surface area contributed by atoms with E-state index in [1.54, 1.807) is 13.1 Å². The Bertz CT molecular complexity index is 1740. The Balaban J connectivity index is 1.10. The molecule has 0 radical (unpaired) electrons. The molecule has 0 atom stereocenters. The van der Waals surface area contributed by atoms with Crippen LogP contribution in [0.5, 0.6) is 0 Å². The third-order valence-corrected chi connectivity index (χ3v) is 10.5. The van der Waals surface area contributed by atoms with Crippen molar-refractivity contribution in [3.63, 3.8) is 0 Å². The van der Waals surface area contributed by atoms with Gasteiger partial charge in [0.2, 0.25) is 5.95 Å². The Morgan fingerprint density at radius 3 is 2.48 bits per heavy atom. The molecule has 1 aromatic carbocycles. The van der Waals surface area contributed by atoms with Gasteiger partial charge < -0.3 is 25.2 Å². The minimum atomic E-state index is -4.27. The monoisotopic (exact) mass is 654 g/mol. The summed E-state index contributed by atoms with van der Waals surface area (Å²) in [4.78, 5) is 14.5. The Hall–Kier alpha value is -3.44. The lowest BCUT2D eigenvalue weighted by atomic mass is 9.94. The fraction of sp³-hybridized carbons (Fsp3) is 0.545. The number of nitrogens with zero attached hydrogens (tertiary/aromatic N) is 6. The standard InChI is InChI=1S/C33H41F3N8OS/c1-21-22(4-5-28-26(21)16-24(19-37)44(28)15-14-42-12-8-32(2,45)9-13-42)20-43-10-6-23(7-11-43)39-29-27-17-25(18-33(34,35)36)46-30(27)41-31(38-3)40-29/h4-5,16-17,23,45H,6-15,18,20H2,1-3H3,(H2,38,39,40,41). The predicted molar refractivity (Wildman–Crippen MR) is 176 cm³/mol. The van der Waals surface area contributed by atoms with Gasteiger partial charge in [-0.15, -0.1) is 11.3 Å². The molecule has 2 saturated heterocycles. The number of hydrogen-bond donors (Lipinski definition) is 3. The molecule has 0 amide bonds. The summed E-state index contributed by atoms with van der Waals surface area (Å²) in [5.74, 6) is 0.955. The van der Waals surface area contributed by atoms with Gasteiger partial charge in [-0.25, -0.2) is 4.98 Å². The first-order valence-corrected chi connectivity index (χ1v) is 16.7. The molecule has 4 aromatic rings. The van der Waals surface area contributed by atoms with Crippen molar-refractivity contribution in [2.75, 3.05) is 50.4 Å². The Kier molecular flexibility index (Phi) is 9.17. The van der Waals surface area contributed by atoms with E-state index in [1.165, 1.54) is 11.1 Å². The SMILES string of the molecule is CNc1nc(NC2CCN(Cc3ccc4c(cc(C#N)n4CCN4CCC(C)(O)CC4)c3C)CC2)c2cc(CC(F)(F)F)sc2n1. The highest BCUT2D eigenvalue weighted by atomic mass is 32.1. The molecule has 13 heteroatoms. The van der Waals surface area contributed by atoms with Gasteiger partial charge in [-0.1, -0.05) is 6.07 Å². The summed E-state index contributed by atoms with van der Waals surface area (Å²) in [6.07, 6.45) is -1.96. The molecule has 0 bridgehead atoms. The van der Waals surface area contributed by atoms with Crippen molar-refractivity contribution in [2.45, 2.75) is 76.9 Å². The number of aliphatic hydroxyl groups is 1. The lowest BCUT2D eigenvalue weighted by molar-refractivity contribution is -0.126. The molecule has 2 aliphatic heterocycles. The van der Waals surface area contributed by atoms with Crippen molar-refractivity contribution in [3.8, 4) is 6.07 Å². The van der Waals surface area contributed by atoms with E-state index in [0.29, 0.717) is 27.7 Å². The number of halogens is 3. The van der Waals surface area contributed by atoms with Gasteiger partial charge in [-0.2, -0.15) is 23.4 Å². The zero-order chi connectivity index (χ0) is 32.6. The maximum absolute atomic E-state index is 13.0. The molecule has 0 unspecified atom stereocenters. The molecule has 5 heterocycles. The maximum Gasteiger partial charge on any atom is 0.393 e. The molecular formula is C33H41F3N8OS. The number of hydrogen-bond acceptors (Lipinski definition) is 9. The Morgan fingerprint density at radius 2 is 1.80 bits per heavy atom. The number of aromatic nitrogens is 3. The van der Waals surface area contributed by atoms with Gasteiger partial charge in [-0.3, -0.25) is 4.90 Å².